The highest BCUT2D eigenvalue weighted by molar-refractivity contribution is 7.16. The van der Waals surface area contributed by atoms with E-state index in [0.29, 0.717) is 5.82 Å². The Morgan fingerprint density at radius 3 is 2.67 bits per heavy atom. The van der Waals surface area contributed by atoms with Gasteiger partial charge in [-0.05, 0) is 36.1 Å². The van der Waals surface area contributed by atoms with Crippen molar-refractivity contribution in [2.75, 3.05) is 5.32 Å². The summed E-state index contributed by atoms with van der Waals surface area (Å²) in [5, 5.41) is 25.8. The fourth-order valence-electron chi connectivity index (χ4n) is 2.16. The molecular weight excluding hydrogens is 286 g/mol. The van der Waals surface area contributed by atoms with Crippen molar-refractivity contribution in [1.29, 1.82) is 0 Å². The van der Waals surface area contributed by atoms with E-state index < -0.39 is 6.10 Å². The average molecular weight is 301 g/mol. The maximum absolute atomic E-state index is 10.4. The van der Waals surface area contributed by atoms with Gasteiger partial charge in [-0.3, -0.25) is 0 Å². The normalized spacial score (nSPS) is 14.0. The van der Waals surface area contributed by atoms with Crippen LogP contribution < -0.4 is 5.32 Å². The number of aliphatic hydroxyl groups excluding tert-OH is 1. The zero-order valence-corrected chi connectivity index (χ0v) is 12.2. The first-order valence-electron chi connectivity index (χ1n) is 6.57. The molecule has 1 aromatic carbocycles. The Labute approximate surface area is 125 Å². The van der Waals surface area contributed by atoms with Crippen molar-refractivity contribution in [3.8, 4) is 5.75 Å². The van der Waals surface area contributed by atoms with E-state index in [2.05, 4.69) is 15.3 Å². The third kappa shape index (κ3) is 2.81. The van der Waals surface area contributed by atoms with Crippen molar-refractivity contribution in [1.82, 2.24) is 9.97 Å². The molecule has 0 saturated carbocycles. The number of aromatic hydroxyl groups is 1. The molecule has 3 aromatic rings. The summed E-state index contributed by atoms with van der Waals surface area (Å²) in [4.78, 5) is 9.36. The lowest BCUT2D eigenvalue weighted by atomic mass is 10.0. The fraction of sp³-hybridized carbons (Fsp3) is 0.200. The number of thiophene rings is 1. The van der Waals surface area contributed by atoms with Crippen LogP contribution in [-0.2, 0) is 0 Å². The molecule has 0 radical (unpaired) electrons. The molecule has 6 heteroatoms. The van der Waals surface area contributed by atoms with E-state index in [9.17, 15) is 10.2 Å². The molecule has 2 aromatic heterocycles. The van der Waals surface area contributed by atoms with Gasteiger partial charge in [0.25, 0.3) is 0 Å². The van der Waals surface area contributed by atoms with Crippen molar-refractivity contribution in [2.45, 2.75) is 19.1 Å². The topological polar surface area (TPSA) is 78.3 Å². The first-order chi connectivity index (χ1) is 10.1. The van der Waals surface area contributed by atoms with Gasteiger partial charge in [-0.15, -0.1) is 11.3 Å². The van der Waals surface area contributed by atoms with Crippen LogP contribution in [0.25, 0.3) is 10.2 Å². The number of aromatic nitrogens is 2. The molecule has 2 heterocycles. The van der Waals surface area contributed by atoms with Crippen LogP contribution in [0.3, 0.4) is 0 Å². The number of aliphatic hydroxyl groups is 1. The second-order valence-corrected chi connectivity index (χ2v) is 5.73. The Bertz CT molecular complexity index is 742. The molecule has 0 fully saturated rings. The van der Waals surface area contributed by atoms with Crippen LogP contribution in [0.4, 0.5) is 5.82 Å². The molecule has 2 atom stereocenters. The summed E-state index contributed by atoms with van der Waals surface area (Å²) in [6, 6.07) is 8.27. The van der Waals surface area contributed by atoms with E-state index in [1.165, 1.54) is 6.33 Å². The Morgan fingerprint density at radius 2 is 1.90 bits per heavy atom. The van der Waals surface area contributed by atoms with Crippen LogP contribution in [-0.4, -0.2) is 26.2 Å². The Hall–Kier alpha value is -2.18. The SMILES string of the molecule is C[C@@H](Nc1ncnc2sccc12)[C@@H](O)c1ccc(O)cc1. The van der Waals surface area contributed by atoms with Gasteiger partial charge in [-0.2, -0.15) is 0 Å². The Balaban J connectivity index is 1.81. The molecule has 0 aliphatic carbocycles. The summed E-state index contributed by atoms with van der Waals surface area (Å²) in [5.74, 6) is 0.897. The van der Waals surface area contributed by atoms with E-state index in [1.807, 2.05) is 18.4 Å². The van der Waals surface area contributed by atoms with Crippen LogP contribution in [0.2, 0.25) is 0 Å². The smallest absolute Gasteiger partial charge is 0.138 e. The monoisotopic (exact) mass is 301 g/mol. The minimum Gasteiger partial charge on any atom is -0.508 e. The molecule has 0 saturated heterocycles. The van der Waals surface area contributed by atoms with E-state index in [0.717, 1.165) is 15.8 Å². The van der Waals surface area contributed by atoms with Crippen molar-refractivity contribution in [3.05, 3.63) is 47.6 Å². The molecule has 108 valence electrons. The number of phenols is 1. The second-order valence-electron chi connectivity index (χ2n) is 4.83. The summed E-state index contributed by atoms with van der Waals surface area (Å²) < 4.78 is 0. The molecule has 5 nitrogen and oxygen atoms in total. The predicted octanol–water partition coefficient (Wildman–Crippen LogP) is 2.93. The van der Waals surface area contributed by atoms with Crippen molar-refractivity contribution in [2.24, 2.45) is 0 Å². The van der Waals surface area contributed by atoms with Crippen molar-refractivity contribution >= 4 is 27.4 Å². The highest BCUT2D eigenvalue weighted by atomic mass is 32.1. The lowest BCUT2D eigenvalue weighted by Crippen LogP contribution is -2.24. The third-order valence-corrected chi connectivity index (χ3v) is 4.16. The molecule has 21 heavy (non-hydrogen) atoms. The number of fused-ring (bicyclic) bond motifs is 1. The third-order valence-electron chi connectivity index (χ3n) is 3.33. The van der Waals surface area contributed by atoms with Crippen LogP contribution in [0.15, 0.2) is 42.0 Å². The number of hydrogen-bond acceptors (Lipinski definition) is 6. The molecule has 0 spiro atoms. The first kappa shape index (κ1) is 13.8. The van der Waals surface area contributed by atoms with Gasteiger partial charge in [0.15, 0.2) is 0 Å². The maximum atomic E-state index is 10.4. The predicted molar refractivity (Wildman–Crippen MR) is 83.6 cm³/mol. The number of hydrogen-bond donors (Lipinski definition) is 3. The van der Waals surface area contributed by atoms with Gasteiger partial charge in [0.05, 0.1) is 17.5 Å². The zero-order chi connectivity index (χ0) is 14.8. The van der Waals surface area contributed by atoms with Gasteiger partial charge in [0.1, 0.15) is 22.7 Å². The van der Waals surface area contributed by atoms with Crippen molar-refractivity contribution < 1.29 is 10.2 Å². The summed E-state index contributed by atoms with van der Waals surface area (Å²) in [6.45, 7) is 1.89. The first-order valence-corrected chi connectivity index (χ1v) is 7.45. The average Bonchev–Trinajstić information content (AvgIpc) is 2.97. The maximum Gasteiger partial charge on any atom is 0.138 e. The number of nitrogens with one attached hydrogen (secondary N) is 1. The fourth-order valence-corrected chi connectivity index (χ4v) is 2.89. The molecule has 0 amide bonds. The highest BCUT2D eigenvalue weighted by Gasteiger charge is 2.18. The Morgan fingerprint density at radius 1 is 1.14 bits per heavy atom. The van der Waals surface area contributed by atoms with Crippen LogP contribution in [0, 0.1) is 0 Å². The summed E-state index contributed by atoms with van der Waals surface area (Å²) >= 11 is 1.55. The number of benzene rings is 1. The lowest BCUT2D eigenvalue weighted by molar-refractivity contribution is 0.160. The molecule has 0 unspecified atom stereocenters. The van der Waals surface area contributed by atoms with Gasteiger partial charge in [0, 0.05) is 0 Å². The van der Waals surface area contributed by atoms with E-state index in [4.69, 9.17) is 0 Å². The Kier molecular flexibility index (Phi) is 3.72. The quantitative estimate of drug-likeness (QED) is 0.690. The zero-order valence-electron chi connectivity index (χ0n) is 11.4. The summed E-state index contributed by atoms with van der Waals surface area (Å²) in [6.07, 6.45) is 0.815. The minimum atomic E-state index is -0.700. The van der Waals surface area contributed by atoms with Gasteiger partial charge < -0.3 is 15.5 Å². The number of nitrogens with zero attached hydrogens (tertiary/aromatic N) is 2. The van der Waals surface area contributed by atoms with E-state index in [-0.39, 0.29) is 11.8 Å². The van der Waals surface area contributed by atoms with Crippen molar-refractivity contribution in [3.63, 3.8) is 0 Å². The van der Waals surface area contributed by atoms with E-state index >= 15 is 0 Å². The molecule has 0 aliphatic heterocycles. The molecule has 3 rings (SSSR count). The molecular formula is C15H15N3O2S. The molecule has 3 N–H and O–H groups in total. The number of anilines is 1. The van der Waals surface area contributed by atoms with Crippen LogP contribution in [0.5, 0.6) is 5.75 Å². The number of rotatable bonds is 4. The molecule has 0 aliphatic rings. The largest absolute Gasteiger partial charge is 0.508 e. The second kappa shape index (κ2) is 5.67. The lowest BCUT2D eigenvalue weighted by Gasteiger charge is -2.21. The van der Waals surface area contributed by atoms with Gasteiger partial charge >= 0.3 is 0 Å². The summed E-state index contributed by atoms with van der Waals surface area (Å²) in [7, 11) is 0. The van der Waals surface area contributed by atoms with Gasteiger partial charge in [0.2, 0.25) is 0 Å². The standard InChI is InChI=1S/C15H15N3O2S/c1-9(13(20)10-2-4-11(19)5-3-10)18-14-12-6-7-21-15(12)17-8-16-14/h2-9,13,19-20H,1H3,(H,16,17,18)/t9-,13-/m1/s1. The highest BCUT2D eigenvalue weighted by Crippen LogP contribution is 2.27. The number of phenolic OH excluding ortho intramolecular Hbond substituents is 1. The van der Waals surface area contributed by atoms with Gasteiger partial charge in [-0.25, -0.2) is 9.97 Å². The molecule has 0 bridgehead atoms. The summed E-state index contributed by atoms with van der Waals surface area (Å²) in [5.41, 5.74) is 0.739. The van der Waals surface area contributed by atoms with E-state index in [1.54, 1.807) is 35.6 Å². The minimum absolute atomic E-state index is 0.183. The van der Waals surface area contributed by atoms with Gasteiger partial charge in [-0.1, -0.05) is 12.1 Å². The van der Waals surface area contributed by atoms with Crippen LogP contribution >= 0.6 is 11.3 Å². The van der Waals surface area contributed by atoms with Crippen LogP contribution in [0.1, 0.15) is 18.6 Å².